The lowest BCUT2D eigenvalue weighted by Crippen LogP contribution is -2.38. The Labute approximate surface area is 95.6 Å². The minimum absolute atomic E-state index is 0.159. The molecule has 1 aliphatic rings. The zero-order valence-electron chi connectivity index (χ0n) is 9.66. The molecule has 3 N–H and O–H groups in total. The van der Waals surface area contributed by atoms with Gasteiger partial charge in [-0.1, -0.05) is 0 Å². The van der Waals surface area contributed by atoms with Crippen LogP contribution in [0.25, 0.3) is 0 Å². The summed E-state index contributed by atoms with van der Waals surface area (Å²) in [5.41, 5.74) is 0. The number of carbonyl (C=O) groups excluding carboxylic acids is 1. The van der Waals surface area contributed by atoms with Gasteiger partial charge in [0, 0.05) is 6.42 Å². The predicted octanol–water partition coefficient (Wildman–Crippen LogP) is 0.356. The van der Waals surface area contributed by atoms with Crippen molar-refractivity contribution in [1.29, 1.82) is 0 Å². The van der Waals surface area contributed by atoms with Crippen LogP contribution in [0.2, 0.25) is 0 Å². The van der Waals surface area contributed by atoms with Gasteiger partial charge in [0.2, 0.25) is 5.91 Å². The van der Waals surface area contributed by atoms with Gasteiger partial charge in [0.25, 0.3) is 0 Å². The number of aliphatic carboxylic acids is 1. The van der Waals surface area contributed by atoms with Gasteiger partial charge in [-0.15, -0.1) is 0 Å². The third-order valence-corrected chi connectivity index (χ3v) is 2.99. The second kappa shape index (κ2) is 6.48. The molecule has 92 valence electrons. The summed E-state index contributed by atoms with van der Waals surface area (Å²) in [6.45, 7) is 3.53. The Bertz CT molecular complexity index is 250. The molecular weight excluding hydrogens is 208 g/mol. The lowest BCUT2D eigenvalue weighted by Gasteiger charge is -2.22. The Balaban J connectivity index is 2.16. The van der Waals surface area contributed by atoms with E-state index in [1.807, 2.05) is 0 Å². The molecule has 0 saturated carbocycles. The maximum absolute atomic E-state index is 11.4. The van der Waals surface area contributed by atoms with Crippen molar-refractivity contribution in [2.24, 2.45) is 5.92 Å². The number of carbonyl (C=O) groups is 2. The molecular formula is C11H20N2O3. The first-order valence-corrected chi connectivity index (χ1v) is 5.82. The number of carboxylic acids is 1. The number of hydrogen-bond donors (Lipinski definition) is 3. The standard InChI is InChI=1S/C11H20N2O3/c1-8(11(15)16)13-10(14)3-2-9-4-6-12-7-5-9/h8-9,12H,2-7H2,1H3,(H,13,14)(H,15,16)/t8-/m0/s1. The van der Waals surface area contributed by atoms with Crippen LogP contribution in [0.1, 0.15) is 32.6 Å². The highest BCUT2D eigenvalue weighted by molar-refractivity contribution is 5.83. The van der Waals surface area contributed by atoms with Crippen LogP contribution in [0.15, 0.2) is 0 Å². The van der Waals surface area contributed by atoms with Gasteiger partial charge in [-0.3, -0.25) is 9.59 Å². The van der Waals surface area contributed by atoms with Crippen LogP contribution in [-0.4, -0.2) is 36.1 Å². The molecule has 0 aromatic rings. The van der Waals surface area contributed by atoms with Crippen LogP contribution >= 0.6 is 0 Å². The quantitative estimate of drug-likeness (QED) is 0.634. The molecule has 1 saturated heterocycles. The minimum atomic E-state index is -0.991. The summed E-state index contributed by atoms with van der Waals surface area (Å²) in [7, 11) is 0. The summed E-state index contributed by atoms with van der Waals surface area (Å²) in [5, 5.41) is 14.4. The molecule has 0 spiro atoms. The van der Waals surface area contributed by atoms with Crippen molar-refractivity contribution in [3.05, 3.63) is 0 Å². The first kappa shape index (κ1) is 13.0. The molecule has 0 bridgehead atoms. The number of carboxylic acid groups (broad SMARTS) is 1. The van der Waals surface area contributed by atoms with E-state index in [0.29, 0.717) is 12.3 Å². The van der Waals surface area contributed by atoms with E-state index in [-0.39, 0.29) is 5.91 Å². The molecule has 0 unspecified atom stereocenters. The van der Waals surface area contributed by atoms with E-state index < -0.39 is 12.0 Å². The van der Waals surface area contributed by atoms with Crippen LogP contribution in [-0.2, 0) is 9.59 Å². The van der Waals surface area contributed by atoms with Gasteiger partial charge in [0.15, 0.2) is 0 Å². The lowest BCUT2D eigenvalue weighted by molar-refractivity contribution is -0.141. The number of rotatable bonds is 5. The summed E-state index contributed by atoms with van der Waals surface area (Å²) in [4.78, 5) is 21.9. The molecule has 5 nitrogen and oxygen atoms in total. The molecule has 1 aliphatic heterocycles. The van der Waals surface area contributed by atoms with E-state index in [4.69, 9.17) is 5.11 Å². The van der Waals surface area contributed by atoms with Crippen molar-refractivity contribution in [2.75, 3.05) is 13.1 Å². The van der Waals surface area contributed by atoms with Crippen LogP contribution in [0.5, 0.6) is 0 Å². The average Bonchev–Trinajstić information content (AvgIpc) is 2.27. The van der Waals surface area contributed by atoms with Crippen molar-refractivity contribution in [3.63, 3.8) is 0 Å². The van der Waals surface area contributed by atoms with Crippen LogP contribution < -0.4 is 10.6 Å². The Morgan fingerprint density at radius 3 is 2.62 bits per heavy atom. The average molecular weight is 228 g/mol. The summed E-state index contributed by atoms with van der Waals surface area (Å²) >= 11 is 0. The van der Waals surface area contributed by atoms with Gasteiger partial charge in [-0.25, -0.2) is 0 Å². The fourth-order valence-corrected chi connectivity index (χ4v) is 1.88. The molecule has 16 heavy (non-hydrogen) atoms. The predicted molar refractivity (Wildman–Crippen MR) is 60.1 cm³/mol. The van der Waals surface area contributed by atoms with Crippen molar-refractivity contribution < 1.29 is 14.7 Å². The highest BCUT2D eigenvalue weighted by Crippen LogP contribution is 2.17. The van der Waals surface area contributed by atoms with Crippen molar-refractivity contribution in [3.8, 4) is 0 Å². The van der Waals surface area contributed by atoms with Crippen molar-refractivity contribution in [2.45, 2.75) is 38.6 Å². The first-order chi connectivity index (χ1) is 7.59. The molecule has 0 aromatic carbocycles. The van der Waals surface area contributed by atoms with Gasteiger partial charge in [-0.05, 0) is 45.2 Å². The van der Waals surface area contributed by atoms with Crippen molar-refractivity contribution >= 4 is 11.9 Å². The number of hydrogen-bond acceptors (Lipinski definition) is 3. The number of amides is 1. The van der Waals surface area contributed by atoms with Gasteiger partial charge in [0.05, 0.1) is 0 Å². The minimum Gasteiger partial charge on any atom is -0.480 e. The van der Waals surface area contributed by atoms with E-state index in [1.54, 1.807) is 0 Å². The molecule has 5 heteroatoms. The fraction of sp³-hybridized carbons (Fsp3) is 0.818. The molecule has 0 radical (unpaired) electrons. The lowest BCUT2D eigenvalue weighted by atomic mass is 9.93. The topological polar surface area (TPSA) is 78.4 Å². The Kier molecular flexibility index (Phi) is 5.25. The van der Waals surface area contributed by atoms with E-state index in [9.17, 15) is 9.59 Å². The van der Waals surface area contributed by atoms with E-state index in [2.05, 4.69) is 10.6 Å². The van der Waals surface area contributed by atoms with E-state index in [1.165, 1.54) is 6.92 Å². The number of piperidine rings is 1. The van der Waals surface area contributed by atoms with Crippen LogP contribution in [0.4, 0.5) is 0 Å². The maximum Gasteiger partial charge on any atom is 0.325 e. The van der Waals surface area contributed by atoms with Gasteiger partial charge in [-0.2, -0.15) is 0 Å². The highest BCUT2D eigenvalue weighted by Gasteiger charge is 2.17. The molecule has 1 rings (SSSR count). The maximum atomic E-state index is 11.4. The number of nitrogens with one attached hydrogen (secondary N) is 2. The Morgan fingerprint density at radius 1 is 1.44 bits per heavy atom. The van der Waals surface area contributed by atoms with E-state index in [0.717, 1.165) is 32.4 Å². The third kappa shape index (κ3) is 4.61. The van der Waals surface area contributed by atoms with Crippen molar-refractivity contribution in [1.82, 2.24) is 10.6 Å². The van der Waals surface area contributed by atoms with Crippen LogP contribution in [0, 0.1) is 5.92 Å². The summed E-state index contributed by atoms with van der Waals surface area (Å²) < 4.78 is 0. The van der Waals surface area contributed by atoms with Gasteiger partial charge in [0.1, 0.15) is 6.04 Å². The molecule has 1 heterocycles. The SMILES string of the molecule is C[C@H](NC(=O)CCC1CCNCC1)C(=O)O. The molecule has 1 amide bonds. The summed E-state index contributed by atoms with van der Waals surface area (Å²) in [5.74, 6) is -0.546. The summed E-state index contributed by atoms with van der Waals surface area (Å²) in [6.07, 6.45) is 3.52. The largest absolute Gasteiger partial charge is 0.480 e. The fourth-order valence-electron chi connectivity index (χ4n) is 1.88. The molecule has 0 aromatic heterocycles. The first-order valence-electron chi connectivity index (χ1n) is 5.82. The third-order valence-electron chi connectivity index (χ3n) is 2.99. The second-order valence-corrected chi connectivity index (χ2v) is 4.36. The van der Waals surface area contributed by atoms with Crippen LogP contribution in [0.3, 0.4) is 0 Å². The smallest absolute Gasteiger partial charge is 0.325 e. The monoisotopic (exact) mass is 228 g/mol. The van der Waals surface area contributed by atoms with Gasteiger partial charge >= 0.3 is 5.97 Å². The second-order valence-electron chi connectivity index (χ2n) is 4.36. The van der Waals surface area contributed by atoms with Gasteiger partial charge < -0.3 is 15.7 Å². The Hall–Kier alpha value is -1.10. The molecule has 0 aliphatic carbocycles. The Morgan fingerprint density at radius 2 is 2.06 bits per heavy atom. The summed E-state index contributed by atoms with van der Waals surface area (Å²) in [6, 6.07) is -0.791. The zero-order valence-corrected chi connectivity index (χ0v) is 9.66. The highest BCUT2D eigenvalue weighted by atomic mass is 16.4. The van der Waals surface area contributed by atoms with E-state index >= 15 is 0 Å². The molecule has 1 fully saturated rings. The zero-order chi connectivity index (χ0) is 12.0. The normalized spacial score (nSPS) is 19.1. The molecule has 1 atom stereocenters.